The van der Waals surface area contributed by atoms with Crippen LogP contribution in [-0.2, 0) is 13.1 Å². The fraction of sp³-hybridized carbons (Fsp3) is 0.917. The highest BCUT2D eigenvalue weighted by Crippen LogP contribution is 2.25. The summed E-state index contributed by atoms with van der Waals surface area (Å²) >= 11 is 0. The van der Waals surface area contributed by atoms with Crippen molar-refractivity contribution in [2.24, 2.45) is 5.92 Å². The van der Waals surface area contributed by atoms with Crippen LogP contribution in [0.4, 0.5) is 0 Å². The molecule has 2 saturated heterocycles. The summed E-state index contributed by atoms with van der Waals surface area (Å²) < 4.78 is 1.94. The predicted octanol–water partition coefficient (Wildman–Crippen LogP) is 0.267. The molecule has 0 spiro atoms. The molecule has 1 aromatic heterocycles. The van der Waals surface area contributed by atoms with Crippen molar-refractivity contribution in [1.29, 1.82) is 0 Å². The van der Waals surface area contributed by atoms with Gasteiger partial charge in [0.1, 0.15) is 0 Å². The summed E-state index contributed by atoms with van der Waals surface area (Å²) in [5, 5.41) is 15.6. The number of rotatable bonds is 4. The summed E-state index contributed by atoms with van der Waals surface area (Å²) in [6.07, 6.45) is 3.77. The minimum atomic E-state index is 0.689. The van der Waals surface area contributed by atoms with Gasteiger partial charge in [-0.3, -0.25) is 4.90 Å². The average Bonchev–Trinajstić information content (AvgIpc) is 2.97. The first kappa shape index (κ1) is 12.0. The molecule has 3 heterocycles. The van der Waals surface area contributed by atoms with E-state index in [2.05, 4.69) is 32.7 Å². The molecule has 6 heteroatoms. The first-order chi connectivity index (χ1) is 8.86. The van der Waals surface area contributed by atoms with Crippen LogP contribution in [0, 0.1) is 5.92 Å². The minimum Gasteiger partial charge on any atom is -0.312 e. The Morgan fingerprint density at radius 2 is 2.33 bits per heavy atom. The first-order valence-corrected chi connectivity index (χ1v) is 7.07. The van der Waals surface area contributed by atoms with Crippen molar-refractivity contribution in [3.63, 3.8) is 0 Å². The Morgan fingerprint density at radius 1 is 1.39 bits per heavy atom. The highest BCUT2D eigenvalue weighted by atomic mass is 15.5. The summed E-state index contributed by atoms with van der Waals surface area (Å²) in [5.41, 5.74) is 0. The van der Waals surface area contributed by atoms with Crippen LogP contribution >= 0.6 is 0 Å². The molecule has 0 unspecified atom stereocenters. The number of fused-ring (bicyclic) bond motifs is 1. The Bertz CT molecular complexity index is 376. The highest BCUT2D eigenvalue weighted by molar-refractivity contribution is 4.94. The molecule has 2 atom stereocenters. The van der Waals surface area contributed by atoms with Gasteiger partial charge in [-0.25, -0.2) is 4.68 Å². The van der Waals surface area contributed by atoms with E-state index in [4.69, 9.17) is 0 Å². The van der Waals surface area contributed by atoms with Crippen molar-refractivity contribution in [2.75, 3.05) is 19.6 Å². The molecule has 0 aromatic carbocycles. The van der Waals surface area contributed by atoms with Crippen LogP contribution in [0.15, 0.2) is 0 Å². The van der Waals surface area contributed by atoms with Gasteiger partial charge in [0.2, 0.25) is 0 Å². The summed E-state index contributed by atoms with van der Waals surface area (Å²) in [4.78, 5) is 2.49. The van der Waals surface area contributed by atoms with Gasteiger partial charge in [-0.1, -0.05) is 6.92 Å². The number of tetrazole rings is 1. The SMILES string of the molecule is CCCn1nnnc1CN1C[C@@H]2CCCN[C@@H]2C1. The van der Waals surface area contributed by atoms with E-state index in [1.165, 1.54) is 25.9 Å². The van der Waals surface area contributed by atoms with Gasteiger partial charge in [0.05, 0.1) is 6.54 Å². The second-order valence-corrected chi connectivity index (χ2v) is 5.48. The van der Waals surface area contributed by atoms with Gasteiger partial charge in [0.15, 0.2) is 5.82 Å². The maximum absolute atomic E-state index is 4.16. The Hall–Kier alpha value is -1.01. The maximum Gasteiger partial charge on any atom is 0.165 e. The number of likely N-dealkylation sites (tertiary alicyclic amines) is 1. The lowest BCUT2D eigenvalue weighted by Gasteiger charge is -2.24. The fourth-order valence-corrected chi connectivity index (χ4v) is 3.19. The number of nitrogens with one attached hydrogen (secondary N) is 1. The van der Waals surface area contributed by atoms with Gasteiger partial charge in [0.25, 0.3) is 0 Å². The molecule has 3 rings (SSSR count). The van der Waals surface area contributed by atoms with Crippen molar-refractivity contribution >= 4 is 0 Å². The molecule has 6 nitrogen and oxygen atoms in total. The molecule has 2 aliphatic rings. The molecule has 1 N–H and O–H groups in total. The lowest BCUT2D eigenvalue weighted by molar-refractivity contribution is 0.297. The van der Waals surface area contributed by atoms with Crippen LogP contribution < -0.4 is 5.32 Å². The van der Waals surface area contributed by atoms with E-state index in [0.717, 1.165) is 37.8 Å². The molecule has 0 saturated carbocycles. The summed E-state index contributed by atoms with van der Waals surface area (Å²) in [5.74, 6) is 1.84. The number of nitrogens with zero attached hydrogens (tertiary/aromatic N) is 5. The Labute approximate surface area is 108 Å². The zero-order valence-electron chi connectivity index (χ0n) is 11.0. The molecule has 1 aromatic rings. The van der Waals surface area contributed by atoms with Crippen LogP contribution in [0.5, 0.6) is 0 Å². The minimum absolute atomic E-state index is 0.689. The lowest BCUT2D eigenvalue weighted by atomic mass is 9.94. The highest BCUT2D eigenvalue weighted by Gasteiger charge is 2.34. The third-order valence-electron chi connectivity index (χ3n) is 4.08. The normalized spacial score (nSPS) is 28.5. The molecule has 0 radical (unpaired) electrons. The van der Waals surface area contributed by atoms with E-state index >= 15 is 0 Å². The predicted molar refractivity (Wildman–Crippen MR) is 67.9 cm³/mol. The van der Waals surface area contributed by atoms with Gasteiger partial charge in [0, 0.05) is 25.7 Å². The quantitative estimate of drug-likeness (QED) is 0.831. The smallest absolute Gasteiger partial charge is 0.165 e. The van der Waals surface area contributed by atoms with Crippen molar-refractivity contribution in [2.45, 2.75) is 45.3 Å². The summed E-state index contributed by atoms with van der Waals surface area (Å²) in [6.45, 7) is 7.48. The molecule has 0 amide bonds. The standard InChI is InChI=1S/C12H22N6/c1-2-6-18-12(14-15-16-18)9-17-7-10-4-3-5-13-11(10)8-17/h10-11,13H,2-9H2,1H3/t10-,11+/m0/s1. The Balaban J connectivity index is 1.61. The molecule has 18 heavy (non-hydrogen) atoms. The maximum atomic E-state index is 4.16. The largest absolute Gasteiger partial charge is 0.312 e. The van der Waals surface area contributed by atoms with Crippen LogP contribution in [0.1, 0.15) is 32.0 Å². The summed E-state index contributed by atoms with van der Waals surface area (Å²) in [7, 11) is 0. The van der Waals surface area contributed by atoms with E-state index in [0.29, 0.717) is 6.04 Å². The zero-order valence-corrected chi connectivity index (χ0v) is 11.0. The lowest BCUT2D eigenvalue weighted by Crippen LogP contribution is -2.40. The molecular weight excluding hydrogens is 228 g/mol. The van der Waals surface area contributed by atoms with Crippen molar-refractivity contribution in [3.05, 3.63) is 5.82 Å². The van der Waals surface area contributed by atoms with Crippen molar-refractivity contribution < 1.29 is 0 Å². The molecule has 0 bridgehead atoms. The first-order valence-electron chi connectivity index (χ1n) is 7.07. The number of hydrogen-bond acceptors (Lipinski definition) is 5. The van der Waals surface area contributed by atoms with Gasteiger partial charge in [-0.05, 0) is 42.2 Å². The molecular formula is C12H22N6. The monoisotopic (exact) mass is 250 g/mol. The third-order valence-corrected chi connectivity index (χ3v) is 4.08. The van der Waals surface area contributed by atoms with Crippen LogP contribution in [-0.4, -0.2) is 50.8 Å². The number of aryl methyl sites for hydroxylation is 1. The zero-order chi connectivity index (χ0) is 12.4. The second-order valence-electron chi connectivity index (χ2n) is 5.48. The van der Waals surface area contributed by atoms with Crippen molar-refractivity contribution in [3.8, 4) is 0 Å². The van der Waals surface area contributed by atoms with E-state index in [1.54, 1.807) is 0 Å². The van der Waals surface area contributed by atoms with Crippen LogP contribution in [0.25, 0.3) is 0 Å². The molecule has 2 fully saturated rings. The van der Waals surface area contributed by atoms with Crippen LogP contribution in [0.2, 0.25) is 0 Å². The van der Waals surface area contributed by atoms with Gasteiger partial charge >= 0.3 is 0 Å². The summed E-state index contributed by atoms with van der Waals surface area (Å²) in [6, 6.07) is 0.689. The number of piperidine rings is 1. The number of hydrogen-bond donors (Lipinski definition) is 1. The van der Waals surface area contributed by atoms with E-state index in [9.17, 15) is 0 Å². The molecule has 100 valence electrons. The van der Waals surface area contributed by atoms with E-state index in [-0.39, 0.29) is 0 Å². The number of aromatic nitrogens is 4. The average molecular weight is 250 g/mol. The molecule has 0 aliphatic carbocycles. The van der Waals surface area contributed by atoms with Gasteiger partial charge in [-0.15, -0.1) is 5.10 Å². The van der Waals surface area contributed by atoms with Crippen molar-refractivity contribution in [1.82, 2.24) is 30.4 Å². The fourth-order valence-electron chi connectivity index (χ4n) is 3.19. The third kappa shape index (κ3) is 2.40. The van der Waals surface area contributed by atoms with Gasteiger partial charge in [-0.2, -0.15) is 0 Å². The van der Waals surface area contributed by atoms with Crippen LogP contribution in [0.3, 0.4) is 0 Å². The molecule has 2 aliphatic heterocycles. The van der Waals surface area contributed by atoms with E-state index < -0.39 is 0 Å². The second kappa shape index (κ2) is 5.32. The van der Waals surface area contributed by atoms with Gasteiger partial charge < -0.3 is 5.32 Å². The topological polar surface area (TPSA) is 58.9 Å². The Morgan fingerprint density at radius 3 is 3.17 bits per heavy atom. The Kier molecular flexibility index (Phi) is 3.56. The van der Waals surface area contributed by atoms with E-state index in [1.807, 2.05) is 4.68 Å².